The normalized spacial score (nSPS) is 18.1. The molecule has 4 rings (SSSR count). The molecular weight excluding hydrogens is 501 g/mol. The summed E-state index contributed by atoms with van der Waals surface area (Å²) < 4.78 is 53.4. The summed E-state index contributed by atoms with van der Waals surface area (Å²) in [7, 11) is 2.89. The number of hydrogen-bond acceptors (Lipinski definition) is 6. The predicted octanol–water partition coefficient (Wildman–Crippen LogP) is 5.52. The fourth-order valence-electron chi connectivity index (χ4n) is 4.09. The summed E-state index contributed by atoms with van der Waals surface area (Å²) in [6.45, 7) is 1.57. The Labute approximate surface area is 210 Å². The van der Waals surface area contributed by atoms with Gasteiger partial charge in [0.25, 0.3) is 5.91 Å². The van der Waals surface area contributed by atoms with Gasteiger partial charge in [-0.05, 0) is 42.3 Å². The summed E-state index contributed by atoms with van der Waals surface area (Å²) >= 11 is 6.40. The Hall–Kier alpha value is -3.44. The summed E-state index contributed by atoms with van der Waals surface area (Å²) in [5, 5.41) is 19.0. The molecule has 3 N–H and O–H groups in total. The van der Waals surface area contributed by atoms with Crippen LogP contribution in [0, 0.1) is 0 Å². The van der Waals surface area contributed by atoms with E-state index in [2.05, 4.69) is 15.7 Å². The maximum absolute atomic E-state index is 14.1. The van der Waals surface area contributed by atoms with Crippen LogP contribution < -0.4 is 20.1 Å². The molecule has 0 spiro atoms. The number of aliphatic hydroxyl groups excluding tert-OH is 1. The molecule has 1 aliphatic heterocycles. The van der Waals surface area contributed by atoms with Crippen molar-refractivity contribution < 1.29 is 32.5 Å². The maximum Gasteiger partial charge on any atom is 0.410 e. The maximum atomic E-state index is 14.1. The highest BCUT2D eigenvalue weighted by Gasteiger charge is 2.48. The Morgan fingerprint density at radius 2 is 1.94 bits per heavy atom. The highest BCUT2D eigenvalue weighted by atomic mass is 35.5. The highest BCUT2D eigenvalue weighted by molar-refractivity contribution is 6.36. The topological polar surface area (TPSA) is 97.6 Å². The minimum Gasteiger partial charge on any atom is -0.493 e. The third-order valence-electron chi connectivity index (χ3n) is 5.95. The van der Waals surface area contributed by atoms with E-state index in [1.807, 2.05) is 0 Å². The first-order chi connectivity index (χ1) is 17.0. The number of anilines is 2. The molecule has 0 fully saturated rings. The van der Waals surface area contributed by atoms with Crippen molar-refractivity contribution in [1.82, 2.24) is 9.78 Å². The van der Waals surface area contributed by atoms with Crippen LogP contribution in [-0.2, 0) is 0 Å². The van der Waals surface area contributed by atoms with Crippen LogP contribution in [0.25, 0.3) is 0 Å². The van der Waals surface area contributed by atoms with Crippen LogP contribution >= 0.6 is 11.6 Å². The zero-order chi connectivity index (χ0) is 26.2. The minimum atomic E-state index is -4.65. The number of carbonyl (C=O) groups is 1. The number of nitrogens with zero attached hydrogens (tertiary/aromatic N) is 2. The molecule has 3 aromatic rings. The van der Waals surface area contributed by atoms with Crippen molar-refractivity contribution in [1.29, 1.82) is 0 Å². The van der Waals surface area contributed by atoms with Crippen LogP contribution in [0.15, 0.2) is 42.5 Å². The Balaban J connectivity index is 1.69. The number of alkyl halides is 3. The Bertz CT molecular complexity index is 1280. The molecule has 12 heteroatoms. The van der Waals surface area contributed by atoms with Gasteiger partial charge in [-0.1, -0.05) is 29.8 Å². The Kier molecular flexibility index (Phi) is 7.05. The molecule has 8 nitrogen and oxygen atoms in total. The SMILES string of the molecule is COc1ccc(C2CC(C(F)(F)F)n3nc(C(=O)Nc4cccc(C(C)O)c4)c(Cl)c3N2)cc1OC. The first kappa shape index (κ1) is 25.6. The van der Waals surface area contributed by atoms with E-state index in [0.29, 0.717) is 33.0 Å². The van der Waals surface area contributed by atoms with Crippen LogP contribution in [0.4, 0.5) is 24.7 Å². The molecule has 36 heavy (non-hydrogen) atoms. The smallest absolute Gasteiger partial charge is 0.410 e. The highest BCUT2D eigenvalue weighted by Crippen LogP contribution is 2.47. The minimum absolute atomic E-state index is 0.118. The average molecular weight is 525 g/mol. The van der Waals surface area contributed by atoms with Gasteiger partial charge in [-0.25, -0.2) is 4.68 Å². The number of halogens is 4. The van der Waals surface area contributed by atoms with Crippen molar-refractivity contribution in [3.8, 4) is 11.5 Å². The van der Waals surface area contributed by atoms with Gasteiger partial charge in [0.2, 0.25) is 0 Å². The summed E-state index contributed by atoms with van der Waals surface area (Å²) in [5.41, 5.74) is 1.05. The number of aromatic nitrogens is 2. The first-order valence-electron chi connectivity index (χ1n) is 11.0. The van der Waals surface area contributed by atoms with E-state index in [-0.39, 0.29) is 23.0 Å². The second kappa shape index (κ2) is 9.90. The lowest BCUT2D eigenvalue weighted by Gasteiger charge is -2.33. The standard InChI is InChI=1S/C24H24ClF3N4O4/c1-12(33)13-5-4-6-15(9-13)29-23(34)21-20(25)22-30-16(11-19(24(26,27)28)32(22)31-21)14-7-8-17(35-2)18(10-14)36-3/h4-10,12,16,19,30,33H,11H2,1-3H3,(H,29,34). The molecule has 1 amide bonds. The third kappa shape index (κ3) is 4.93. The van der Waals surface area contributed by atoms with Crippen LogP contribution in [0.1, 0.15) is 53.1 Å². The van der Waals surface area contributed by atoms with E-state index in [1.165, 1.54) is 14.2 Å². The van der Waals surface area contributed by atoms with Crippen LogP contribution in [-0.4, -0.2) is 41.2 Å². The lowest BCUT2D eigenvalue weighted by atomic mass is 9.96. The summed E-state index contributed by atoms with van der Waals surface area (Å²) in [6, 6.07) is 8.45. The van der Waals surface area contributed by atoms with E-state index in [1.54, 1.807) is 49.4 Å². The molecule has 3 unspecified atom stereocenters. The van der Waals surface area contributed by atoms with E-state index in [9.17, 15) is 23.1 Å². The lowest BCUT2D eigenvalue weighted by molar-refractivity contribution is -0.173. The molecule has 1 aromatic heterocycles. The average Bonchev–Trinajstić information content (AvgIpc) is 3.18. The fraction of sp³-hybridized carbons (Fsp3) is 0.333. The molecule has 0 saturated heterocycles. The molecule has 2 aromatic carbocycles. The Morgan fingerprint density at radius 3 is 2.58 bits per heavy atom. The molecule has 0 bridgehead atoms. The van der Waals surface area contributed by atoms with Crippen LogP contribution in [0.2, 0.25) is 5.02 Å². The van der Waals surface area contributed by atoms with Crippen LogP contribution in [0.5, 0.6) is 11.5 Å². The summed E-state index contributed by atoms with van der Waals surface area (Å²) in [4.78, 5) is 12.9. The summed E-state index contributed by atoms with van der Waals surface area (Å²) in [6.07, 6.45) is -5.81. The number of carbonyl (C=O) groups excluding carboxylic acids is 1. The summed E-state index contributed by atoms with van der Waals surface area (Å²) in [5.74, 6) is -0.0981. The van der Waals surface area contributed by atoms with Crippen molar-refractivity contribution >= 4 is 29.0 Å². The molecule has 0 saturated carbocycles. The quantitative estimate of drug-likeness (QED) is 0.393. The first-order valence-corrected chi connectivity index (χ1v) is 11.3. The van der Waals surface area contributed by atoms with Gasteiger partial charge in [-0.2, -0.15) is 18.3 Å². The zero-order valence-corrected chi connectivity index (χ0v) is 20.3. The van der Waals surface area contributed by atoms with Gasteiger partial charge >= 0.3 is 6.18 Å². The molecular formula is C24H24ClF3N4O4. The number of nitrogens with one attached hydrogen (secondary N) is 2. The second-order valence-electron chi connectivity index (χ2n) is 8.32. The fourth-order valence-corrected chi connectivity index (χ4v) is 4.35. The van der Waals surface area contributed by atoms with Gasteiger partial charge < -0.3 is 25.2 Å². The van der Waals surface area contributed by atoms with Gasteiger partial charge in [-0.15, -0.1) is 0 Å². The van der Waals surface area contributed by atoms with Crippen molar-refractivity contribution in [3.63, 3.8) is 0 Å². The van der Waals surface area contributed by atoms with Crippen molar-refractivity contribution in [3.05, 3.63) is 64.3 Å². The number of amides is 1. The third-order valence-corrected chi connectivity index (χ3v) is 6.31. The van der Waals surface area contributed by atoms with Gasteiger partial charge in [0.1, 0.15) is 10.8 Å². The monoisotopic (exact) mass is 524 g/mol. The predicted molar refractivity (Wildman–Crippen MR) is 128 cm³/mol. The zero-order valence-electron chi connectivity index (χ0n) is 19.6. The number of methoxy groups -OCH3 is 2. The lowest BCUT2D eigenvalue weighted by Crippen LogP contribution is -2.35. The van der Waals surface area contributed by atoms with Crippen LogP contribution in [0.3, 0.4) is 0 Å². The number of fused-ring (bicyclic) bond motifs is 1. The molecule has 2 heterocycles. The largest absolute Gasteiger partial charge is 0.493 e. The van der Waals surface area contributed by atoms with Gasteiger partial charge in [0, 0.05) is 12.1 Å². The Morgan fingerprint density at radius 1 is 1.22 bits per heavy atom. The molecule has 0 aliphatic carbocycles. The molecule has 1 aliphatic rings. The number of ether oxygens (including phenoxy) is 2. The van der Waals surface area contributed by atoms with Crippen molar-refractivity contribution in [2.45, 2.75) is 37.7 Å². The van der Waals surface area contributed by atoms with E-state index < -0.39 is 30.3 Å². The van der Waals surface area contributed by atoms with E-state index in [0.717, 1.165) is 0 Å². The number of benzene rings is 2. The molecule has 3 atom stereocenters. The van der Waals surface area contributed by atoms with Crippen molar-refractivity contribution in [2.75, 3.05) is 24.9 Å². The van der Waals surface area contributed by atoms with Crippen molar-refractivity contribution in [2.24, 2.45) is 0 Å². The molecule has 0 radical (unpaired) electrons. The van der Waals surface area contributed by atoms with E-state index >= 15 is 0 Å². The second-order valence-corrected chi connectivity index (χ2v) is 8.69. The molecule has 192 valence electrons. The van der Waals surface area contributed by atoms with Gasteiger partial charge in [-0.3, -0.25) is 4.79 Å². The number of hydrogen-bond donors (Lipinski definition) is 3. The number of aliphatic hydroxyl groups is 1. The van der Waals surface area contributed by atoms with Gasteiger partial charge in [0.05, 0.1) is 26.4 Å². The van der Waals surface area contributed by atoms with Gasteiger partial charge in [0.15, 0.2) is 23.2 Å². The van der Waals surface area contributed by atoms with E-state index in [4.69, 9.17) is 21.1 Å². The number of rotatable bonds is 6.